The van der Waals surface area contributed by atoms with Gasteiger partial charge in [-0.2, -0.15) is 43.9 Å². The van der Waals surface area contributed by atoms with Gasteiger partial charge in [-0.1, -0.05) is 0 Å². The smallest absolute Gasteiger partial charge is 0.340 e. The Labute approximate surface area is 134 Å². The first-order valence-corrected chi connectivity index (χ1v) is 6.03. The highest BCUT2D eigenvalue weighted by atomic mass is 19.4. The van der Waals surface area contributed by atoms with Crippen molar-refractivity contribution in [2.45, 2.75) is 42.8 Å². The molecule has 1 saturated heterocycles. The largest absolute Gasteiger partial charge is 0.454 e. The fourth-order valence-corrected chi connectivity index (χ4v) is 2.00. The number of ether oxygens (including phenoxy) is 2. The fourth-order valence-electron chi connectivity index (χ4n) is 2.00. The molecule has 0 aromatic heterocycles. The molecule has 0 aromatic rings. The molecule has 0 unspecified atom stereocenters. The monoisotopic (exact) mass is 424 g/mol. The summed E-state index contributed by atoms with van der Waals surface area (Å²) in [4.78, 5) is 0. The molecule has 0 aliphatic carbocycles. The maximum atomic E-state index is 13.5. The molecule has 0 radical (unpaired) electrons. The summed E-state index contributed by atoms with van der Waals surface area (Å²) < 4.78 is 186. The second-order valence-electron chi connectivity index (χ2n) is 5.13. The maximum Gasteiger partial charge on any atom is 0.454 e. The molecule has 0 bridgehead atoms. The highest BCUT2D eigenvalue weighted by Gasteiger charge is 2.86. The summed E-state index contributed by atoms with van der Waals surface area (Å²) in [5.74, 6) is -18.4. The van der Waals surface area contributed by atoms with Crippen molar-refractivity contribution in [3.8, 4) is 0 Å². The molecule has 0 aromatic carbocycles. The van der Waals surface area contributed by atoms with Crippen LogP contribution in [-0.4, -0.2) is 56.0 Å². The first-order chi connectivity index (χ1) is 11.3. The van der Waals surface area contributed by atoms with Crippen molar-refractivity contribution in [2.24, 2.45) is 5.41 Å². The summed E-state index contributed by atoms with van der Waals surface area (Å²) in [7, 11) is 0. The van der Waals surface area contributed by atoms with Gasteiger partial charge in [0.1, 0.15) is 0 Å². The molecule has 0 saturated carbocycles. The average molecular weight is 424 g/mol. The van der Waals surface area contributed by atoms with Crippen molar-refractivity contribution in [2.75, 3.05) is 13.2 Å². The molecular weight excluding hydrogens is 418 g/mol. The van der Waals surface area contributed by atoms with Crippen molar-refractivity contribution >= 4 is 0 Å². The van der Waals surface area contributed by atoms with Gasteiger partial charge < -0.3 is 9.47 Å². The van der Waals surface area contributed by atoms with Crippen molar-refractivity contribution in [1.29, 1.82) is 0 Å². The summed E-state index contributed by atoms with van der Waals surface area (Å²) >= 11 is 0. The van der Waals surface area contributed by atoms with Crippen molar-refractivity contribution in [1.82, 2.24) is 0 Å². The summed E-state index contributed by atoms with van der Waals surface area (Å²) in [5.41, 5.74) is -5.66. The predicted molar refractivity (Wildman–Crippen MR) is 51.1 cm³/mol. The predicted octanol–water partition coefficient (Wildman–Crippen LogP) is 4.64. The highest BCUT2D eigenvalue weighted by molar-refractivity contribution is 5.10. The molecule has 0 atom stereocenters. The molecule has 0 amide bonds. The molecular formula is C10H6F14O2. The zero-order chi connectivity index (χ0) is 21.0. The quantitative estimate of drug-likeness (QED) is 0.613. The van der Waals surface area contributed by atoms with Crippen LogP contribution in [0.1, 0.15) is 0 Å². The van der Waals surface area contributed by atoms with Gasteiger partial charge in [-0.15, -0.1) is 0 Å². The maximum absolute atomic E-state index is 13.5. The zero-order valence-corrected chi connectivity index (χ0v) is 11.7. The van der Waals surface area contributed by atoms with E-state index in [2.05, 4.69) is 9.47 Å². The van der Waals surface area contributed by atoms with Gasteiger partial charge in [0.25, 0.3) is 18.6 Å². The number of hydrogen-bond acceptors (Lipinski definition) is 2. The second-order valence-corrected chi connectivity index (χ2v) is 5.13. The Balaban J connectivity index is 3.55. The Morgan fingerprint density at radius 2 is 0.846 bits per heavy atom. The van der Waals surface area contributed by atoms with Crippen LogP contribution < -0.4 is 0 Å². The van der Waals surface area contributed by atoms with Crippen LogP contribution in [0.2, 0.25) is 0 Å². The zero-order valence-electron chi connectivity index (χ0n) is 11.7. The topological polar surface area (TPSA) is 18.5 Å². The van der Waals surface area contributed by atoms with Gasteiger partial charge in [-0.05, 0) is 0 Å². The summed E-state index contributed by atoms with van der Waals surface area (Å²) in [6, 6.07) is 0. The number of rotatable bonds is 4. The lowest BCUT2D eigenvalue weighted by Crippen LogP contribution is -2.73. The lowest BCUT2D eigenvalue weighted by Gasteiger charge is -2.50. The minimum absolute atomic E-state index is 3.15. The molecule has 26 heavy (non-hydrogen) atoms. The van der Waals surface area contributed by atoms with Gasteiger partial charge in [0.15, 0.2) is 5.41 Å². The first kappa shape index (κ1) is 23.0. The standard InChI is InChI=1S/C10H6F14O2/c11-3(12)6(4(13)14)25-1-5(2-26-6,7(15,16)9(19,20)21)8(17,18)10(22,23)24/h3-4H,1-2H2. The van der Waals surface area contributed by atoms with Gasteiger partial charge >= 0.3 is 24.2 Å². The Morgan fingerprint density at radius 3 is 1.04 bits per heavy atom. The molecule has 156 valence electrons. The molecule has 16 heteroatoms. The van der Waals surface area contributed by atoms with Crippen molar-refractivity contribution < 1.29 is 70.9 Å². The Hall–Kier alpha value is -1.06. The van der Waals surface area contributed by atoms with E-state index in [9.17, 15) is 61.5 Å². The van der Waals surface area contributed by atoms with E-state index >= 15 is 0 Å². The van der Waals surface area contributed by atoms with Gasteiger partial charge in [-0.3, -0.25) is 0 Å². The SMILES string of the molecule is FC(F)C1(C(F)F)OCC(C(F)(F)C(F)(F)F)(C(F)(F)C(F)(F)F)CO1. The highest BCUT2D eigenvalue weighted by Crippen LogP contribution is 2.62. The van der Waals surface area contributed by atoms with Crippen molar-refractivity contribution in [3.05, 3.63) is 0 Å². The lowest BCUT2D eigenvalue weighted by molar-refractivity contribution is -0.472. The van der Waals surface area contributed by atoms with Crippen LogP contribution in [0, 0.1) is 5.41 Å². The molecule has 0 spiro atoms. The third-order valence-electron chi connectivity index (χ3n) is 3.61. The molecule has 2 nitrogen and oxygen atoms in total. The fraction of sp³-hybridized carbons (Fsp3) is 1.00. The lowest BCUT2D eigenvalue weighted by atomic mass is 9.74. The van der Waals surface area contributed by atoms with Gasteiger partial charge in [0.2, 0.25) is 0 Å². The van der Waals surface area contributed by atoms with Crippen LogP contribution in [0.3, 0.4) is 0 Å². The van der Waals surface area contributed by atoms with Gasteiger partial charge in [-0.25, -0.2) is 17.6 Å². The van der Waals surface area contributed by atoms with E-state index in [0.29, 0.717) is 0 Å². The molecule has 1 aliphatic heterocycles. The van der Waals surface area contributed by atoms with E-state index in [4.69, 9.17) is 0 Å². The van der Waals surface area contributed by atoms with Crippen molar-refractivity contribution in [3.63, 3.8) is 0 Å². The molecule has 0 N–H and O–H groups in total. The Bertz CT molecular complexity index is 461. The number of hydrogen-bond donors (Lipinski definition) is 0. The molecule has 1 aliphatic rings. The van der Waals surface area contributed by atoms with E-state index in [0.717, 1.165) is 0 Å². The summed E-state index contributed by atoms with van der Waals surface area (Å²) in [5, 5.41) is 0. The first-order valence-electron chi connectivity index (χ1n) is 6.03. The molecule has 1 heterocycles. The van der Waals surface area contributed by atoms with E-state index in [1.165, 1.54) is 0 Å². The van der Waals surface area contributed by atoms with Gasteiger partial charge in [0.05, 0.1) is 13.2 Å². The van der Waals surface area contributed by atoms with Crippen LogP contribution >= 0.6 is 0 Å². The van der Waals surface area contributed by atoms with E-state index < -0.39 is 61.5 Å². The van der Waals surface area contributed by atoms with Crippen LogP contribution in [0.15, 0.2) is 0 Å². The van der Waals surface area contributed by atoms with Crippen LogP contribution in [0.25, 0.3) is 0 Å². The van der Waals surface area contributed by atoms with E-state index in [1.807, 2.05) is 0 Å². The van der Waals surface area contributed by atoms with Crippen LogP contribution in [-0.2, 0) is 9.47 Å². The van der Waals surface area contributed by atoms with Gasteiger partial charge in [0, 0.05) is 0 Å². The summed E-state index contributed by atoms with van der Waals surface area (Å²) in [6.45, 7) is -6.30. The minimum Gasteiger partial charge on any atom is -0.340 e. The number of alkyl halides is 14. The third kappa shape index (κ3) is 2.97. The Morgan fingerprint density at radius 1 is 0.577 bits per heavy atom. The number of halogens is 14. The minimum atomic E-state index is -7.05. The normalized spacial score (nSPS) is 22.2. The van der Waals surface area contributed by atoms with E-state index in [-0.39, 0.29) is 0 Å². The molecule has 1 rings (SSSR count). The third-order valence-corrected chi connectivity index (χ3v) is 3.61. The summed E-state index contributed by atoms with van der Waals surface area (Å²) in [6.07, 6.45) is -23.0. The molecule has 1 fully saturated rings. The van der Waals surface area contributed by atoms with Crippen LogP contribution in [0.5, 0.6) is 0 Å². The van der Waals surface area contributed by atoms with E-state index in [1.54, 1.807) is 0 Å². The van der Waals surface area contributed by atoms with Crippen LogP contribution in [0.4, 0.5) is 61.5 Å². The Kier molecular flexibility index (Phi) is 5.51. The second kappa shape index (κ2) is 6.24. The average Bonchev–Trinajstić information content (AvgIpc) is 2.43.